The van der Waals surface area contributed by atoms with E-state index in [1.54, 1.807) is 29.2 Å². The number of amides is 4. The number of imide groups is 1. The van der Waals surface area contributed by atoms with Crippen LogP contribution in [0, 0.1) is 12.8 Å². The largest absolute Gasteiger partial charge is 0.354 e. The summed E-state index contributed by atoms with van der Waals surface area (Å²) in [5.74, 6) is -0.684. The van der Waals surface area contributed by atoms with Crippen molar-refractivity contribution in [1.82, 2.24) is 15.1 Å². The van der Waals surface area contributed by atoms with Gasteiger partial charge in [-0.25, -0.2) is 0 Å². The highest BCUT2D eigenvalue weighted by molar-refractivity contribution is 6.21. The topological polar surface area (TPSA) is 86.8 Å². The third-order valence-electron chi connectivity index (χ3n) is 6.19. The van der Waals surface area contributed by atoms with Crippen molar-refractivity contribution >= 4 is 23.6 Å². The van der Waals surface area contributed by atoms with Crippen LogP contribution in [0.3, 0.4) is 0 Å². The summed E-state index contributed by atoms with van der Waals surface area (Å²) in [6, 6.07) is 14.1. The summed E-state index contributed by atoms with van der Waals surface area (Å²) in [5, 5.41) is 2.96. The van der Waals surface area contributed by atoms with Crippen LogP contribution in [0.4, 0.5) is 0 Å². The zero-order valence-corrected chi connectivity index (χ0v) is 21.0. The van der Waals surface area contributed by atoms with Crippen molar-refractivity contribution in [3.8, 4) is 0 Å². The number of hydrogen-bond acceptors (Lipinski definition) is 4. The van der Waals surface area contributed by atoms with Crippen LogP contribution >= 0.6 is 0 Å². The zero-order chi connectivity index (χ0) is 25.5. The Labute approximate surface area is 207 Å². The number of carbonyl (C=O) groups is 4. The number of nitrogens with one attached hydrogen (secondary N) is 1. The molecule has 0 radical (unpaired) electrons. The molecular weight excluding hydrogens is 442 g/mol. The van der Waals surface area contributed by atoms with E-state index in [4.69, 9.17) is 0 Å². The van der Waals surface area contributed by atoms with Gasteiger partial charge in [-0.15, -0.1) is 0 Å². The molecule has 0 aliphatic carbocycles. The molecule has 0 fully saturated rings. The maximum absolute atomic E-state index is 13.4. The molecule has 0 bridgehead atoms. The fourth-order valence-electron chi connectivity index (χ4n) is 4.21. The average Bonchev–Trinajstić information content (AvgIpc) is 3.08. The first-order valence-electron chi connectivity index (χ1n) is 12.3. The summed E-state index contributed by atoms with van der Waals surface area (Å²) in [6.45, 7) is 8.97. The van der Waals surface area contributed by atoms with Crippen molar-refractivity contribution in [2.75, 3.05) is 13.1 Å². The molecule has 1 aliphatic heterocycles. The van der Waals surface area contributed by atoms with Crippen LogP contribution in [0.15, 0.2) is 48.5 Å². The van der Waals surface area contributed by atoms with Crippen LogP contribution in [-0.4, -0.2) is 52.6 Å². The molecular formula is C28H35N3O4. The SMILES string of the molecule is CC[C@@H](C(=O)NCC(C)C)N(Cc1ccc(C)cc1)C(=O)CCCN1C(=O)c2ccccc2C1=O. The lowest BCUT2D eigenvalue weighted by molar-refractivity contribution is -0.141. The van der Waals surface area contributed by atoms with E-state index in [0.29, 0.717) is 43.0 Å². The first-order valence-corrected chi connectivity index (χ1v) is 12.3. The normalized spacial score (nSPS) is 13.7. The molecule has 1 atom stereocenters. The van der Waals surface area contributed by atoms with Gasteiger partial charge in [-0.2, -0.15) is 0 Å². The predicted molar refractivity (Wildman–Crippen MR) is 135 cm³/mol. The third kappa shape index (κ3) is 6.35. The van der Waals surface area contributed by atoms with Crippen LogP contribution in [0.1, 0.15) is 71.9 Å². The third-order valence-corrected chi connectivity index (χ3v) is 6.19. The standard InChI is InChI=1S/C28H35N3O4/c1-5-24(26(33)29-17-19(2)3)31(18-21-14-12-20(4)13-15-21)25(32)11-8-16-30-27(34)22-9-6-7-10-23(22)28(30)35/h6-7,9-10,12-15,19,24H,5,8,11,16-18H2,1-4H3,(H,29,33)/t24-/m0/s1. The molecule has 7 nitrogen and oxygen atoms in total. The molecule has 1 N–H and O–H groups in total. The molecule has 4 amide bonds. The minimum absolute atomic E-state index is 0.132. The number of aryl methyl sites for hydroxylation is 1. The monoisotopic (exact) mass is 477 g/mol. The fraction of sp³-hybridized carbons (Fsp3) is 0.429. The molecule has 7 heteroatoms. The Hall–Kier alpha value is -3.48. The summed E-state index contributed by atoms with van der Waals surface area (Å²) in [4.78, 5) is 54.4. The predicted octanol–water partition coefficient (Wildman–Crippen LogP) is 3.95. The molecule has 0 unspecified atom stereocenters. The molecule has 2 aromatic rings. The Bertz CT molecular complexity index is 1040. The van der Waals surface area contributed by atoms with Gasteiger partial charge in [0.05, 0.1) is 11.1 Å². The number of rotatable bonds is 11. The van der Waals surface area contributed by atoms with Gasteiger partial charge in [-0.1, -0.05) is 62.7 Å². The van der Waals surface area contributed by atoms with Gasteiger partial charge in [0.2, 0.25) is 11.8 Å². The highest BCUT2D eigenvalue weighted by Gasteiger charge is 2.35. The van der Waals surface area contributed by atoms with Crippen LogP contribution < -0.4 is 5.32 Å². The number of hydrogen-bond donors (Lipinski definition) is 1. The van der Waals surface area contributed by atoms with Crippen molar-refractivity contribution in [1.29, 1.82) is 0 Å². The lowest BCUT2D eigenvalue weighted by Gasteiger charge is -2.31. The Morgan fingerprint density at radius 3 is 2.11 bits per heavy atom. The van der Waals surface area contributed by atoms with E-state index < -0.39 is 6.04 Å². The summed E-state index contributed by atoms with van der Waals surface area (Å²) >= 11 is 0. The van der Waals surface area contributed by atoms with Gasteiger partial charge in [0.1, 0.15) is 6.04 Å². The van der Waals surface area contributed by atoms with Crippen molar-refractivity contribution in [3.05, 3.63) is 70.8 Å². The van der Waals surface area contributed by atoms with Crippen LogP contribution in [0.5, 0.6) is 0 Å². The second-order valence-electron chi connectivity index (χ2n) is 9.48. The zero-order valence-electron chi connectivity index (χ0n) is 21.0. The Balaban J connectivity index is 1.69. The van der Waals surface area contributed by atoms with E-state index in [1.807, 2.05) is 52.0 Å². The fourth-order valence-corrected chi connectivity index (χ4v) is 4.21. The lowest BCUT2D eigenvalue weighted by atomic mass is 10.1. The molecule has 0 saturated heterocycles. The molecule has 186 valence electrons. The molecule has 35 heavy (non-hydrogen) atoms. The number of fused-ring (bicyclic) bond motifs is 1. The Morgan fingerprint density at radius 1 is 0.971 bits per heavy atom. The van der Waals surface area contributed by atoms with Gasteiger partial charge >= 0.3 is 0 Å². The first-order chi connectivity index (χ1) is 16.7. The molecule has 1 aliphatic rings. The molecule has 0 spiro atoms. The van der Waals surface area contributed by atoms with E-state index in [0.717, 1.165) is 11.1 Å². The van der Waals surface area contributed by atoms with Crippen LogP contribution in [0.25, 0.3) is 0 Å². The highest BCUT2D eigenvalue weighted by Crippen LogP contribution is 2.23. The second-order valence-corrected chi connectivity index (χ2v) is 9.48. The second kappa shape index (κ2) is 11.8. The molecule has 0 saturated carbocycles. The van der Waals surface area contributed by atoms with Gasteiger partial charge in [0.25, 0.3) is 11.8 Å². The van der Waals surface area contributed by atoms with Crippen molar-refractivity contribution in [3.63, 3.8) is 0 Å². The maximum atomic E-state index is 13.4. The van der Waals surface area contributed by atoms with Gasteiger partial charge in [0, 0.05) is 26.1 Å². The summed E-state index contributed by atoms with van der Waals surface area (Å²) < 4.78 is 0. The van der Waals surface area contributed by atoms with Crippen LogP contribution in [-0.2, 0) is 16.1 Å². The van der Waals surface area contributed by atoms with Gasteiger partial charge in [-0.05, 0) is 43.4 Å². The van der Waals surface area contributed by atoms with Gasteiger partial charge in [0.15, 0.2) is 0 Å². The summed E-state index contributed by atoms with van der Waals surface area (Å²) in [5.41, 5.74) is 2.86. The summed E-state index contributed by atoms with van der Waals surface area (Å²) in [7, 11) is 0. The smallest absolute Gasteiger partial charge is 0.261 e. The molecule has 3 rings (SSSR count). The Kier molecular flexibility index (Phi) is 8.79. The number of nitrogens with zero attached hydrogens (tertiary/aromatic N) is 2. The van der Waals surface area contributed by atoms with Gasteiger partial charge in [-0.3, -0.25) is 24.1 Å². The van der Waals surface area contributed by atoms with E-state index in [9.17, 15) is 19.2 Å². The van der Waals surface area contributed by atoms with Crippen molar-refractivity contribution < 1.29 is 19.2 Å². The highest BCUT2D eigenvalue weighted by atomic mass is 16.2. The van der Waals surface area contributed by atoms with E-state index in [-0.39, 0.29) is 36.6 Å². The minimum atomic E-state index is -0.596. The van der Waals surface area contributed by atoms with E-state index in [2.05, 4.69) is 5.32 Å². The molecule has 2 aromatic carbocycles. The lowest BCUT2D eigenvalue weighted by Crippen LogP contribution is -2.49. The van der Waals surface area contributed by atoms with E-state index >= 15 is 0 Å². The average molecular weight is 478 g/mol. The first kappa shape index (κ1) is 26.1. The van der Waals surface area contributed by atoms with Crippen LogP contribution in [0.2, 0.25) is 0 Å². The molecule has 0 aromatic heterocycles. The summed E-state index contributed by atoms with van der Waals surface area (Å²) in [6.07, 6.45) is 0.950. The van der Waals surface area contributed by atoms with E-state index in [1.165, 1.54) is 4.90 Å². The van der Waals surface area contributed by atoms with Crippen molar-refractivity contribution in [2.24, 2.45) is 5.92 Å². The number of carbonyl (C=O) groups excluding carboxylic acids is 4. The van der Waals surface area contributed by atoms with Crippen molar-refractivity contribution in [2.45, 2.75) is 59.5 Å². The quantitative estimate of drug-likeness (QED) is 0.497. The number of benzene rings is 2. The minimum Gasteiger partial charge on any atom is -0.354 e. The maximum Gasteiger partial charge on any atom is 0.261 e. The Morgan fingerprint density at radius 2 is 1.57 bits per heavy atom. The van der Waals surface area contributed by atoms with Gasteiger partial charge < -0.3 is 10.2 Å². The molecule has 1 heterocycles.